The molecule has 0 unspecified atom stereocenters. The molecule has 0 saturated carbocycles. The molecule has 2 aliphatic heterocycles. The molecule has 2 heterocycles. The first-order valence-electron chi connectivity index (χ1n) is 7.22. The van der Waals surface area contributed by atoms with Crippen LogP contribution in [0, 0.1) is 5.92 Å². The zero-order valence-corrected chi connectivity index (χ0v) is 12.0. The SMILES string of the molecule is COc1ccc(CC(=O)N2C[C@@H]3C[C@@H](C)O[C@@H]3C2)cc1. The van der Waals surface area contributed by atoms with Crippen molar-refractivity contribution < 1.29 is 14.3 Å². The number of amides is 1. The van der Waals surface area contributed by atoms with Gasteiger partial charge in [-0.3, -0.25) is 4.79 Å². The van der Waals surface area contributed by atoms with Gasteiger partial charge in [0.15, 0.2) is 0 Å². The first-order chi connectivity index (χ1) is 9.65. The molecule has 2 fully saturated rings. The summed E-state index contributed by atoms with van der Waals surface area (Å²) in [6.07, 6.45) is 2.14. The Balaban J connectivity index is 1.57. The Bertz CT molecular complexity index is 471. The third-order valence-corrected chi connectivity index (χ3v) is 4.29. The first kappa shape index (κ1) is 13.4. The molecule has 1 amide bonds. The van der Waals surface area contributed by atoms with Crippen LogP contribution < -0.4 is 4.74 Å². The maximum atomic E-state index is 12.3. The lowest BCUT2D eigenvalue weighted by atomic mass is 10.0. The Labute approximate surface area is 119 Å². The molecular formula is C16H21NO3. The minimum Gasteiger partial charge on any atom is -0.497 e. The first-order valence-corrected chi connectivity index (χ1v) is 7.22. The molecule has 3 rings (SSSR count). The second kappa shape index (κ2) is 5.44. The molecule has 0 aromatic heterocycles. The fraction of sp³-hybridized carbons (Fsp3) is 0.562. The van der Waals surface area contributed by atoms with E-state index in [1.54, 1.807) is 7.11 Å². The van der Waals surface area contributed by atoms with Crippen LogP contribution in [0.2, 0.25) is 0 Å². The molecule has 20 heavy (non-hydrogen) atoms. The maximum absolute atomic E-state index is 12.3. The van der Waals surface area contributed by atoms with Gasteiger partial charge in [-0.15, -0.1) is 0 Å². The summed E-state index contributed by atoms with van der Waals surface area (Å²) in [6, 6.07) is 7.69. The van der Waals surface area contributed by atoms with Gasteiger partial charge in [-0.1, -0.05) is 12.1 Å². The Morgan fingerprint density at radius 1 is 1.35 bits per heavy atom. The van der Waals surface area contributed by atoms with E-state index in [9.17, 15) is 4.79 Å². The zero-order valence-electron chi connectivity index (χ0n) is 12.0. The fourth-order valence-corrected chi connectivity index (χ4v) is 3.24. The van der Waals surface area contributed by atoms with Crippen molar-refractivity contribution in [3.63, 3.8) is 0 Å². The average Bonchev–Trinajstić information content (AvgIpc) is 2.96. The number of nitrogens with zero attached hydrogens (tertiary/aromatic N) is 1. The van der Waals surface area contributed by atoms with Crippen molar-refractivity contribution in [2.45, 2.75) is 32.0 Å². The summed E-state index contributed by atoms with van der Waals surface area (Å²) in [6.45, 7) is 3.72. The lowest BCUT2D eigenvalue weighted by Gasteiger charge is -2.18. The summed E-state index contributed by atoms with van der Waals surface area (Å²) >= 11 is 0. The van der Waals surface area contributed by atoms with Crippen LogP contribution in [0.1, 0.15) is 18.9 Å². The van der Waals surface area contributed by atoms with E-state index in [-0.39, 0.29) is 12.0 Å². The van der Waals surface area contributed by atoms with Gasteiger partial charge < -0.3 is 14.4 Å². The summed E-state index contributed by atoms with van der Waals surface area (Å²) < 4.78 is 11.0. The van der Waals surface area contributed by atoms with Crippen LogP contribution in [0.15, 0.2) is 24.3 Å². The number of ether oxygens (including phenoxy) is 2. The Morgan fingerprint density at radius 2 is 2.10 bits per heavy atom. The molecule has 3 atom stereocenters. The van der Waals surface area contributed by atoms with Gasteiger partial charge in [-0.25, -0.2) is 0 Å². The van der Waals surface area contributed by atoms with Gasteiger partial charge in [0.1, 0.15) is 5.75 Å². The van der Waals surface area contributed by atoms with E-state index >= 15 is 0 Å². The number of fused-ring (bicyclic) bond motifs is 1. The number of carbonyl (C=O) groups is 1. The number of likely N-dealkylation sites (tertiary alicyclic amines) is 1. The molecule has 0 N–H and O–H groups in total. The summed E-state index contributed by atoms with van der Waals surface area (Å²) in [4.78, 5) is 14.3. The largest absolute Gasteiger partial charge is 0.497 e. The van der Waals surface area contributed by atoms with Gasteiger partial charge in [0, 0.05) is 19.0 Å². The third kappa shape index (κ3) is 2.66. The predicted molar refractivity (Wildman–Crippen MR) is 75.7 cm³/mol. The van der Waals surface area contributed by atoms with Gasteiger partial charge >= 0.3 is 0 Å². The molecule has 0 aliphatic carbocycles. The standard InChI is InChI=1S/C16H21NO3/c1-11-7-13-9-17(10-15(13)20-11)16(18)8-12-3-5-14(19-2)6-4-12/h3-6,11,13,15H,7-10H2,1-2H3/t11-,13+,15-/m1/s1. The lowest BCUT2D eigenvalue weighted by molar-refractivity contribution is -0.130. The quantitative estimate of drug-likeness (QED) is 0.845. The van der Waals surface area contributed by atoms with Crippen molar-refractivity contribution >= 4 is 5.91 Å². The molecule has 1 aromatic rings. The number of hydrogen-bond acceptors (Lipinski definition) is 3. The van der Waals surface area contributed by atoms with Crippen LogP contribution in [-0.4, -0.2) is 43.2 Å². The Hall–Kier alpha value is -1.55. The van der Waals surface area contributed by atoms with Gasteiger partial charge in [0.2, 0.25) is 5.91 Å². The molecular weight excluding hydrogens is 254 g/mol. The summed E-state index contributed by atoms with van der Waals surface area (Å²) in [5, 5.41) is 0. The molecule has 2 saturated heterocycles. The Kier molecular flexibility index (Phi) is 3.66. The van der Waals surface area contributed by atoms with E-state index in [0.29, 0.717) is 18.4 Å². The number of benzene rings is 1. The highest BCUT2D eigenvalue weighted by Gasteiger charge is 2.41. The number of hydrogen-bond donors (Lipinski definition) is 0. The molecule has 1 aromatic carbocycles. The highest BCUT2D eigenvalue weighted by Crippen LogP contribution is 2.32. The van der Waals surface area contributed by atoms with Crippen molar-refractivity contribution in [3.8, 4) is 5.75 Å². The molecule has 4 heteroatoms. The smallest absolute Gasteiger partial charge is 0.227 e. The highest BCUT2D eigenvalue weighted by molar-refractivity contribution is 5.79. The van der Waals surface area contributed by atoms with Crippen LogP contribution in [0.5, 0.6) is 5.75 Å². The topological polar surface area (TPSA) is 38.8 Å². The molecule has 0 spiro atoms. The molecule has 0 radical (unpaired) electrons. The van der Waals surface area contributed by atoms with E-state index < -0.39 is 0 Å². The van der Waals surface area contributed by atoms with E-state index in [0.717, 1.165) is 30.8 Å². The third-order valence-electron chi connectivity index (χ3n) is 4.29. The van der Waals surface area contributed by atoms with Crippen LogP contribution in [0.25, 0.3) is 0 Å². The second-order valence-corrected chi connectivity index (χ2v) is 5.80. The van der Waals surface area contributed by atoms with Gasteiger partial charge in [-0.2, -0.15) is 0 Å². The minimum absolute atomic E-state index is 0.195. The monoisotopic (exact) mass is 275 g/mol. The van der Waals surface area contributed by atoms with Crippen molar-refractivity contribution in [3.05, 3.63) is 29.8 Å². The van der Waals surface area contributed by atoms with Crippen LogP contribution >= 0.6 is 0 Å². The van der Waals surface area contributed by atoms with Crippen molar-refractivity contribution in [1.82, 2.24) is 4.90 Å². The van der Waals surface area contributed by atoms with Gasteiger partial charge in [0.25, 0.3) is 0 Å². The summed E-state index contributed by atoms with van der Waals surface area (Å²) in [5.41, 5.74) is 1.03. The highest BCUT2D eigenvalue weighted by atomic mass is 16.5. The van der Waals surface area contributed by atoms with E-state index in [1.807, 2.05) is 29.2 Å². The Morgan fingerprint density at radius 3 is 2.75 bits per heavy atom. The molecule has 0 bridgehead atoms. The van der Waals surface area contributed by atoms with Crippen molar-refractivity contribution in [2.24, 2.45) is 5.92 Å². The molecule has 2 aliphatic rings. The average molecular weight is 275 g/mol. The maximum Gasteiger partial charge on any atom is 0.227 e. The summed E-state index contributed by atoms with van der Waals surface area (Å²) in [7, 11) is 1.64. The van der Waals surface area contributed by atoms with Crippen molar-refractivity contribution in [2.75, 3.05) is 20.2 Å². The number of rotatable bonds is 3. The summed E-state index contributed by atoms with van der Waals surface area (Å²) in [5.74, 6) is 1.55. The predicted octanol–water partition coefficient (Wildman–Crippen LogP) is 1.87. The van der Waals surface area contributed by atoms with E-state index in [1.165, 1.54) is 0 Å². The molecule has 4 nitrogen and oxygen atoms in total. The van der Waals surface area contributed by atoms with Gasteiger partial charge in [0.05, 0.1) is 25.7 Å². The normalized spacial score (nSPS) is 28.5. The van der Waals surface area contributed by atoms with E-state index in [2.05, 4.69) is 6.92 Å². The second-order valence-electron chi connectivity index (χ2n) is 5.80. The lowest BCUT2D eigenvalue weighted by Crippen LogP contribution is -2.32. The van der Waals surface area contributed by atoms with Crippen molar-refractivity contribution in [1.29, 1.82) is 0 Å². The molecule has 108 valence electrons. The van der Waals surface area contributed by atoms with E-state index in [4.69, 9.17) is 9.47 Å². The minimum atomic E-state index is 0.195. The zero-order chi connectivity index (χ0) is 14.1. The fourth-order valence-electron chi connectivity index (χ4n) is 3.24. The number of methoxy groups -OCH3 is 1. The number of carbonyl (C=O) groups excluding carboxylic acids is 1. The van der Waals surface area contributed by atoms with Crippen LogP contribution in [-0.2, 0) is 16.0 Å². The van der Waals surface area contributed by atoms with Crippen LogP contribution in [0.3, 0.4) is 0 Å². The van der Waals surface area contributed by atoms with Crippen LogP contribution in [0.4, 0.5) is 0 Å². The van der Waals surface area contributed by atoms with Gasteiger partial charge in [-0.05, 0) is 31.0 Å².